The third kappa shape index (κ3) is 22.6. The van der Waals surface area contributed by atoms with Crippen molar-refractivity contribution in [3.05, 3.63) is 35.9 Å². The minimum absolute atomic E-state index is 0.000176. The molecule has 0 radical (unpaired) electrons. The van der Waals surface area contributed by atoms with Gasteiger partial charge in [-0.1, -0.05) is 30.3 Å². The molecule has 0 saturated heterocycles. The second kappa shape index (κ2) is 22.2. The Morgan fingerprint density at radius 1 is 0.510 bits per heavy atom. The molecule has 0 unspecified atom stereocenters. The van der Waals surface area contributed by atoms with Gasteiger partial charge in [0.15, 0.2) is 0 Å². The number of ether oxygens (including phenoxy) is 2. The van der Waals surface area contributed by atoms with E-state index in [2.05, 4.69) is 31.9 Å². The zero-order valence-corrected chi connectivity index (χ0v) is 31.5. The Hall–Kier alpha value is -4.69. The predicted octanol–water partition coefficient (Wildman–Crippen LogP) is 2.51. The molecule has 0 heterocycles. The second-order valence-electron chi connectivity index (χ2n) is 14.3. The average Bonchev–Trinajstić information content (AvgIpc) is 2.94. The normalized spacial score (nSPS) is 14.6. The Morgan fingerprint density at radius 2 is 0.824 bits per heavy atom. The highest BCUT2D eigenvalue weighted by Gasteiger charge is 2.22. The van der Waals surface area contributed by atoms with Crippen LogP contribution >= 0.6 is 0 Å². The molecule has 0 bridgehead atoms. The van der Waals surface area contributed by atoms with Crippen LogP contribution in [0.4, 0.5) is 4.79 Å². The van der Waals surface area contributed by atoms with Crippen molar-refractivity contribution in [3.63, 3.8) is 0 Å². The van der Waals surface area contributed by atoms with Crippen molar-refractivity contribution in [1.82, 2.24) is 31.9 Å². The van der Waals surface area contributed by atoms with Crippen LogP contribution in [0, 0.1) is 0 Å². The quantitative estimate of drug-likeness (QED) is 0.109. The summed E-state index contributed by atoms with van der Waals surface area (Å²) in [5.41, 5.74) is 0.206. The van der Waals surface area contributed by atoms with Crippen molar-refractivity contribution in [3.8, 4) is 0 Å². The third-order valence-corrected chi connectivity index (χ3v) is 6.97. The van der Waals surface area contributed by atoms with E-state index in [0.29, 0.717) is 0 Å². The van der Waals surface area contributed by atoms with Gasteiger partial charge in [0.25, 0.3) is 0 Å². The minimum Gasteiger partial charge on any atom is -0.461 e. The van der Waals surface area contributed by atoms with Crippen molar-refractivity contribution in [1.29, 1.82) is 0 Å². The summed E-state index contributed by atoms with van der Waals surface area (Å²) in [6.45, 7) is 15.4. The van der Waals surface area contributed by atoms with Crippen molar-refractivity contribution in [2.45, 2.75) is 149 Å². The maximum atomic E-state index is 12.5. The SMILES string of the molecule is C[C@@H](CC(=O)N[C@@H](C)CC(=O)N[C@@H](C)CC(=O)OCc1ccccc1)NC(=O)C[C@H](C)NC(=O)C[C@H](C)NC(=O)C[C@H](C)NC(=O)OC(C)(C)C. The molecule has 0 fully saturated rings. The minimum atomic E-state index is -0.660. The van der Waals surface area contributed by atoms with Gasteiger partial charge in [-0.05, 0) is 67.9 Å². The van der Waals surface area contributed by atoms with Crippen molar-refractivity contribution >= 4 is 41.6 Å². The highest BCUT2D eigenvalue weighted by molar-refractivity contribution is 5.83. The van der Waals surface area contributed by atoms with Gasteiger partial charge in [0.1, 0.15) is 12.2 Å². The number of rotatable bonds is 20. The van der Waals surface area contributed by atoms with Gasteiger partial charge in [-0.25, -0.2) is 4.79 Å². The van der Waals surface area contributed by atoms with Gasteiger partial charge in [0.05, 0.1) is 6.42 Å². The molecule has 0 aliphatic rings. The summed E-state index contributed by atoms with van der Waals surface area (Å²) in [4.78, 5) is 86.3. The maximum absolute atomic E-state index is 12.5. The molecule has 15 nitrogen and oxygen atoms in total. The van der Waals surface area contributed by atoms with Crippen LogP contribution in [0.2, 0.25) is 0 Å². The molecule has 286 valence electrons. The van der Waals surface area contributed by atoms with E-state index in [-0.39, 0.29) is 74.7 Å². The monoisotopic (exact) mass is 718 g/mol. The Labute approximate surface area is 301 Å². The van der Waals surface area contributed by atoms with Gasteiger partial charge < -0.3 is 41.4 Å². The lowest BCUT2D eigenvalue weighted by Gasteiger charge is -2.22. The van der Waals surface area contributed by atoms with Crippen LogP contribution in [0.5, 0.6) is 0 Å². The zero-order valence-electron chi connectivity index (χ0n) is 31.5. The molecule has 0 spiro atoms. The highest BCUT2D eigenvalue weighted by atomic mass is 16.6. The second-order valence-corrected chi connectivity index (χ2v) is 14.3. The molecule has 0 aliphatic carbocycles. The van der Waals surface area contributed by atoms with Crippen molar-refractivity contribution in [2.24, 2.45) is 0 Å². The van der Waals surface area contributed by atoms with Crippen molar-refractivity contribution < 1.29 is 43.0 Å². The van der Waals surface area contributed by atoms with Crippen molar-refractivity contribution in [2.75, 3.05) is 0 Å². The molecule has 0 aliphatic heterocycles. The molecule has 1 aromatic carbocycles. The van der Waals surface area contributed by atoms with E-state index in [1.165, 1.54) is 0 Å². The number of carbonyl (C=O) groups excluding carboxylic acids is 7. The summed E-state index contributed by atoms with van der Waals surface area (Å²) in [5, 5.41) is 16.3. The smallest absolute Gasteiger partial charge is 0.407 e. The van der Waals surface area contributed by atoms with E-state index in [4.69, 9.17) is 9.47 Å². The number of carbonyl (C=O) groups is 7. The summed E-state index contributed by atoms with van der Waals surface area (Å²) in [6.07, 6.45) is -0.680. The number of alkyl carbamates (subject to hydrolysis) is 1. The summed E-state index contributed by atoms with van der Waals surface area (Å²) < 4.78 is 10.4. The number of amides is 6. The number of esters is 1. The fraction of sp³-hybridized carbons (Fsp3) is 0.639. The average molecular weight is 719 g/mol. The number of nitrogens with one attached hydrogen (secondary N) is 6. The lowest BCUT2D eigenvalue weighted by Crippen LogP contribution is -2.45. The van der Waals surface area contributed by atoms with Gasteiger partial charge >= 0.3 is 12.1 Å². The third-order valence-electron chi connectivity index (χ3n) is 6.97. The van der Waals surface area contributed by atoms with Crippen LogP contribution < -0.4 is 31.9 Å². The largest absolute Gasteiger partial charge is 0.461 e. The first-order valence-electron chi connectivity index (χ1n) is 17.4. The molecule has 0 saturated carbocycles. The molecule has 51 heavy (non-hydrogen) atoms. The summed E-state index contributed by atoms with van der Waals surface area (Å²) in [5.74, 6) is -2.18. The van der Waals surface area contributed by atoms with Crippen LogP contribution in [0.15, 0.2) is 30.3 Å². The Bertz CT molecular complexity index is 1320. The molecule has 1 rings (SSSR count). The fourth-order valence-corrected chi connectivity index (χ4v) is 4.92. The predicted molar refractivity (Wildman–Crippen MR) is 191 cm³/mol. The summed E-state index contributed by atoms with van der Waals surface area (Å²) >= 11 is 0. The molecule has 6 N–H and O–H groups in total. The van der Waals surface area contributed by atoms with E-state index in [1.54, 1.807) is 62.3 Å². The molecular formula is C36H58N6O9. The first-order valence-corrected chi connectivity index (χ1v) is 17.4. The molecule has 15 heteroatoms. The fourth-order valence-electron chi connectivity index (χ4n) is 4.92. The van der Waals surface area contributed by atoms with E-state index >= 15 is 0 Å². The maximum Gasteiger partial charge on any atom is 0.407 e. The van der Waals surface area contributed by atoms with E-state index in [1.807, 2.05) is 30.3 Å². The molecule has 1 aromatic rings. The Morgan fingerprint density at radius 3 is 1.16 bits per heavy atom. The Balaban J connectivity index is 2.29. The summed E-state index contributed by atoms with van der Waals surface area (Å²) in [7, 11) is 0. The van der Waals surface area contributed by atoms with E-state index in [0.717, 1.165) is 5.56 Å². The van der Waals surface area contributed by atoms with Crippen LogP contribution in [0.1, 0.15) is 106 Å². The van der Waals surface area contributed by atoms with Crippen LogP contribution in [-0.4, -0.2) is 83.5 Å². The van der Waals surface area contributed by atoms with Gasteiger partial charge in [-0.2, -0.15) is 0 Å². The summed E-state index contributed by atoms with van der Waals surface area (Å²) in [6, 6.07) is 6.34. The topological polar surface area (TPSA) is 210 Å². The van der Waals surface area contributed by atoms with Crippen LogP contribution in [0.25, 0.3) is 0 Å². The van der Waals surface area contributed by atoms with E-state index in [9.17, 15) is 33.6 Å². The van der Waals surface area contributed by atoms with Crippen LogP contribution in [0.3, 0.4) is 0 Å². The standard InChI is InChI=1S/C36H58N6O9/c1-22(38-31(45)17-24(3)40-33(47)19-26(5)42-35(49)51-36(7,8)9)15-29(43)37-23(2)16-30(44)39-25(4)18-32(46)41-27(6)20-34(48)50-21-28-13-11-10-12-14-28/h10-14,22-27H,15-21H2,1-9H3,(H,37,43)(H,38,45)(H,39,44)(H,40,47)(H,41,46)(H,42,49)/t22-,23-,24-,25-,26-,27-/m0/s1. The lowest BCUT2D eigenvalue weighted by molar-refractivity contribution is -0.145. The van der Waals surface area contributed by atoms with Gasteiger partial charge in [0.2, 0.25) is 29.5 Å². The number of benzene rings is 1. The molecule has 0 aromatic heterocycles. The molecule has 6 atom stereocenters. The Kier molecular flexibility index (Phi) is 19.3. The van der Waals surface area contributed by atoms with Gasteiger partial charge in [-0.15, -0.1) is 0 Å². The highest BCUT2D eigenvalue weighted by Crippen LogP contribution is 2.08. The first kappa shape index (κ1) is 44.3. The van der Waals surface area contributed by atoms with Gasteiger partial charge in [0, 0.05) is 68.4 Å². The number of hydrogen-bond acceptors (Lipinski definition) is 9. The molecule has 6 amide bonds. The molecular weight excluding hydrogens is 660 g/mol. The first-order chi connectivity index (χ1) is 23.7. The zero-order chi connectivity index (χ0) is 38.7. The van der Waals surface area contributed by atoms with E-state index < -0.39 is 53.9 Å². The van der Waals surface area contributed by atoms with Gasteiger partial charge in [-0.3, -0.25) is 28.8 Å². The van der Waals surface area contributed by atoms with Crippen LogP contribution in [-0.2, 0) is 44.8 Å². The number of hydrogen-bond donors (Lipinski definition) is 6. The lowest BCUT2D eigenvalue weighted by atomic mass is 10.1.